The van der Waals surface area contributed by atoms with Crippen LogP contribution in [0.25, 0.3) is 5.65 Å². The molecule has 1 N–H and O–H groups in total. The van der Waals surface area contributed by atoms with E-state index in [9.17, 15) is 0 Å². The number of hydrogen-bond acceptors (Lipinski definition) is 5. The van der Waals surface area contributed by atoms with Crippen molar-refractivity contribution in [1.29, 1.82) is 0 Å². The molecule has 1 saturated heterocycles. The van der Waals surface area contributed by atoms with Crippen molar-refractivity contribution in [2.24, 2.45) is 0 Å². The van der Waals surface area contributed by atoms with Gasteiger partial charge in [0.25, 0.3) is 0 Å². The summed E-state index contributed by atoms with van der Waals surface area (Å²) in [4.78, 5) is 9.21. The highest BCUT2D eigenvalue weighted by Gasteiger charge is 2.22. The van der Waals surface area contributed by atoms with E-state index >= 15 is 0 Å². The zero-order chi connectivity index (χ0) is 13.2. The summed E-state index contributed by atoms with van der Waals surface area (Å²) in [6.45, 7) is 4.20. The smallest absolute Gasteiger partial charge is 0.243 e. The third kappa shape index (κ3) is 2.69. The van der Waals surface area contributed by atoms with Gasteiger partial charge in [0.1, 0.15) is 0 Å². The molecule has 3 rings (SSSR count). The van der Waals surface area contributed by atoms with E-state index < -0.39 is 0 Å². The van der Waals surface area contributed by atoms with Gasteiger partial charge in [-0.15, -0.1) is 5.10 Å². The quantitative estimate of drug-likeness (QED) is 0.865. The minimum Gasteiger partial charge on any atom is -0.351 e. The Hall–Kier alpha value is -1.66. The van der Waals surface area contributed by atoms with Crippen LogP contribution in [0.3, 0.4) is 0 Å². The van der Waals surface area contributed by atoms with Crippen LogP contribution in [0.4, 0.5) is 5.95 Å². The van der Waals surface area contributed by atoms with Gasteiger partial charge in [-0.2, -0.15) is 4.98 Å². The van der Waals surface area contributed by atoms with E-state index in [-0.39, 0.29) is 0 Å². The third-order valence-electron chi connectivity index (χ3n) is 3.72. The molecule has 2 aromatic heterocycles. The number of rotatable bonds is 3. The lowest BCUT2D eigenvalue weighted by molar-refractivity contribution is 0.121. The highest BCUT2D eigenvalue weighted by molar-refractivity contribution is 5.42. The highest BCUT2D eigenvalue weighted by atomic mass is 15.4. The molecule has 19 heavy (non-hydrogen) atoms. The van der Waals surface area contributed by atoms with Crippen LogP contribution in [0.2, 0.25) is 0 Å². The molecule has 6 heteroatoms. The number of nitrogens with one attached hydrogen (secondary N) is 1. The Balaban J connectivity index is 1.65. The van der Waals surface area contributed by atoms with Gasteiger partial charge in [0.15, 0.2) is 5.65 Å². The van der Waals surface area contributed by atoms with Gasteiger partial charge < -0.3 is 10.2 Å². The first-order chi connectivity index (χ1) is 9.22. The molecular formula is C13H20N6. The first kappa shape index (κ1) is 12.4. The molecule has 0 bridgehead atoms. The van der Waals surface area contributed by atoms with Crippen molar-refractivity contribution in [1.82, 2.24) is 24.4 Å². The van der Waals surface area contributed by atoms with Crippen LogP contribution in [0.15, 0.2) is 24.4 Å². The summed E-state index contributed by atoms with van der Waals surface area (Å²) in [7, 11) is 4.35. The Labute approximate surface area is 113 Å². The van der Waals surface area contributed by atoms with Gasteiger partial charge >= 0.3 is 0 Å². The standard InChI is InChI=1S/C13H20N6/c1-17-7-8-18(2)11(10-17)9-14-13-15-12-5-3-4-6-19(12)16-13/h3-6,11H,7-10H2,1-2H3,(H,14,16). The van der Waals surface area contributed by atoms with Gasteiger partial charge in [-0.25, -0.2) is 4.52 Å². The molecule has 0 aromatic carbocycles. The number of anilines is 1. The predicted octanol–water partition coefficient (Wildman–Crippen LogP) is 0.387. The van der Waals surface area contributed by atoms with Gasteiger partial charge in [0.05, 0.1) is 0 Å². The van der Waals surface area contributed by atoms with E-state index in [1.165, 1.54) is 0 Å². The largest absolute Gasteiger partial charge is 0.351 e. The number of fused-ring (bicyclic) bond motifs is 1. The summed E-state index contributed by atoms with van der Waals surface area (Å²) in [5.74, 6) is 0.702. The maximum absolute atomic E-state index is 4.45. The molecule has 1 fully saturated rings. The third-order valence-corrected chi connectivity index (χ3v) is 3.72. The average Bonchev–Trinajstić information content (AvgIpc) is 2.82. The minimum atomic E-state index is 0.505. The first-order valence-electron chi connectivity index (χ1n) is 6.66. The first-order valence-corrected chi connectivity index (χ1v) is 6.66. The molecule has 1 aliphatic heterocycles. The fourth-order valence-electron chi connectivity index (χ4n) is 2.44. The number of nitrogens with zero attached hydrogens (tertiary/aromatic N) is 5. The van der Waals surface area contributed by atoms with Gasteiger partial charge in [0, 0.05) is 38.4 Å². The molecular weight excluding hydrogens is 240 g/mol. The van der Waals surface area contributed by atoms with Crippen LogP contribution in [-0.4, -0.2) is 70.7 Å². The molecule has 1 unspecified atom stereocenters. The predicted molar refractivity (Wildman–Crippen MR) is 75.4 cm³/mol. The van der Waals surface area contributed by atoms with Gasteiger partial charge in [0.2, 0.25) is 5.95 Å². The lowest BCUT2D eigenvalue weighted by Crippen LogP contribution is -2.52. The zero-order valence-corrected chi connectivity index (χ0v) is 11.5. The molecule has 1 aliphatic rings. The van der Waals surface area contributed by atoms with Crippen LogP contribution in [0.5, 0.6) is 0 Å². The van der Waals surface area contributed by atoms with Crippen LogP contribution in [0.1, 0.15) is 0 Å². The van der Waals surface area contributed by atoms with Crippen LogP contribution < -0.4 is 5.32 Å². The minimum absolute atomic E-state index is 0.505. The summed E-state index contributed by atoms with van der Waals surface area (Å²) >= 11 is 0. The molecule has 2 aromatic rings. The molecule has 0 saturated carbocycles. The van der Waals surface area contributed by atoms with Crippen LogP contribution in [0, 0.1) is 0 Å². The van der Waals surface area contributed by atoms with E-state index in [1.54, 1.807) is 4.52 Å². The molecule has 1 atom stereocenters. The zero-order valence-electron chi connectivity index (χ0n) is 11.5. The number of likely N-dealkylation sites (N-methyl/N-ethyl adjacent to an activating group) is 2. The van der Waals surface area contributed by atoms with Gasteiger partial charge in [-0.1, -0.05) is 6.07 Å². The van der Waals surface area contributed by atoms with Crippen molar-refractivity contribution in [3.63, 3.8) is 0 Å². The number of pyridine rings is 1. The van der Waals surface area contributed by atoms with Crippen molar-refractivity contribution >= 4 is 11.6 Å². The fourth-order valence-corrected chi connectivity index (χ4v) is 2.44. The summed E-state index contributed by atoms with van der Waals surface area (Å²) in [6.07, 6.45) is 1.91. The van der Waals surface area contributed by atoms with Crippen molar-refractivity contribution in [2.75, 3.05) is 45.6 Å². The molecule has 6 nitrogen and oxygen atoms in total. The molecule has 0 amide bonds. The van der Waals surface area contributed by atoms with Gasteiger partial charge in [-0.05, 0) is 26.2 Å². The van der Waals surface area contributed by atoms with Crippen molar-refractivity contribution in [3.8, 4) is 0 Å². The van der Waals surface area contributed by atoms with Gasteiger partial charge in [-0.3, -0.25) is 4.90 Å². The van der Waals surface area contributed by atoms with E-state index in [0.717, 1.165) is 31.8 Å². The van der Waals surface area contributed by atoms with E-state index in [2.05, 4.69) is 39.3 Å². The Morgan fingerprint density at radius 2 is 2.21 bits per heavy atom. The summed E-state index contributed by atoms with van der Waals surface area (Å²) < 4.78 is 1.79. The number of hydrogen-bond donors (Lipinski definition) is 1. The van der Waals surface area contributed by atoms with Crippen molar-refractivity contribution in [3.05, 3.63) is 24.4 Å². The average molecular weight is 260 g/mol. The maximum Gasteiger partial charge on any atom is 0.243 e. The number of aromatic nitrogens is 3. The monoisotopic (exact) mass is 260 g/mol. The Morgan fingerprint density at radius 1 is 1.32 bits per heavy atom. The van der Waals surface area contributed by atoms with E-state index in [1.807, 2.05) is 24.4 Å². The molecule has 3 heterocycles. The highest BCUT2D eigenvalue weighted by Crippen LogP contribution is 2.08. The summed E-state index contributed by atoms with van der Waals surface area (Å²) in [5, 5.41) is 7.75. The fraction of sp³-hybridized carbons (Fsp3) is 0.538. The second kappa shape index (κ2) is 5.14. The summed E-state index contributed by atoms with van der Waals surface area (Å²) in [5.41, 5.74) is 0.874. The number of piperazine rings is 1. The van der Waals surface area contributed by atoms with Crippen molar-refractivity contribution < 1.29 is 0 Å². The molecule has 102 valence electrons. The Morgan fingerprint density at radius 3 is 3.05 bits per heavy atom. The molecule has 0 radical (unpaired) electrons. The molecule has 0 spiro atoms. The normalized spacial score (nSPS) is 21.9. The Bertz CT molecular complexity index is 518. The second-order valence-electron chi connectivity index (χ2n) is 5.22. The summed E-state index contributed by atoms with van der Waals surface area (Å²) in [6, 6.07) is 6.39. The lowest BCUT2D eigenvalue weighted by atomic mass is 10.2. The SMILES string of the molecule is CN1CCN(C)C(CNc2nc3ccccn3n2)C1. The van der Waals surface area contributed by atoms with E-state index in [0.29, 0.717) is 12.0 Å². The topological polar surface area (TPSA) is 48.7 Å². The lowest BCUT2D eigenvalue weighted by Gasteiger charge is -2.37. The Kier molecular flexibility index (Phi) is 3.35. The van der Waals surface area contributed by atoms with Crippen LogP contribution >= 0.6 is 0 Å². The molecule has 0 aliphatic carbocycles. The van der Waals surface area contributed by atoms with Crippen molar-refractivity contribution in [2.45, 2.75) is 6.04 Å². The van der Waals surface area contributed by atoms with E-state index in [4.69, 9.17) is 0 Å². The maximum atomic E-state index is 4.45. The second-order valence-corrected chi connectivity index (χ2v) is 5.22. The van der Waals surface area contributed by atoms with Crippen LogP contribution in [-0.2, 0) is 0 Å².